The van der Waals surface area contributed by atoms with Gasteiger partial charge in [-0.3, -0.25) is 9.79 Å². The van der Waals surface area contributed by atoms with Crippen molar-refractivity contribution in [1.82, 2.24) is 25.5 Å². The van der Waals surface area contributed by atoms with Gasteiger partial charge in [0.05, 0.1) is 6.54 Å². The summed E-state index contributed by atoms with van der Waals surface area (Å²) in [6, 6.07) is 12.2. The smallest absolute Gasteiger partial charge is 0.225 e. The molecule has 1 fully saturated rings. The standard InChI is InChI=1S/C22H31N7O/c1-2-23-21(24-13-9-19-7-4-3-5-8-19)25-14-10-20(30)28-15-17-29(18-16-28)22-26-11-6-12-27-22/h3-8,11-12H,2,9-10,13-18H2,1H3,(H2,23,24,25). The van der Waals surface area contributed by atoms with Crippen LogP contribution in [0.1, 0.15) is 18.9 Å². The Kier molecular flexibility index (Phi) is 8.44. The number of nitrogens with zero attached hydrogens (tertiary/aromatic N) is 5. The van der Waals surface area contributed by atoms with Crippen molar-refractivity contribution in [2.75, 3.05) is 50.7 Å². The van der Waals surface area contributed by atoms with Crippen molar-refractivity contribution < 1.29 is 4.79 Å². The molecule has 160 valence electrons. The average molecular weight is 410 g/mol. The van der Waals surface area contributed by atoms with E-state index in [1.54, 1.807) is 12.4 Å². The van der Waals surface area contributed by atoms with E-state index in [1.165, 1.54) is 5.56 Å². The highest BCUT2D eigenvalue weighted by atomic mass is 16.2. The molecule has 0 saturated carbocycles. The van der Waals surface area contributed by atoms with E-state index in [0.29, 0.717) is 26.1 Å². The molecule has 3 rings (SSSR count). The number of piperazine rings is 1. The molecule has 1 aromatic carbocycles. The highest BCUT2D eigenvalue weighted by molar-refractivity contribution is 5.81. The lowest BCUT2D eigenvalue weighted by Gasteiger charge is -2.34. The van der Waals surface area contributed by atoms with Gasteiger partial charge in [0.15, 0.2) is 5.96 Å². The van der Waals surface area contributed by atoms with Gasteiger partial charge in [-0.1, -0.05) is 30.3 Å². The molecule has 0 aliphatic carbocycles. The molecule has 0 bridgehead atoms. The van der Waals surface area contributed by atoms with Crippen LogP contribution >= 0.6 is 0 Å². The predicted octanol–water partition coefficient (Wildman–Crippen LogP) is 1.31. The summed E-state index contributed by atoms with van der Waals surface area (Å²) in [5, 5.41) is 6.58. The first-order valence-corrected chi connectivity index (χ1v) is 10.6. The molecule has 30 heavy (non-hydrogen) atoms. The van der Waals surface area contributed by atoms with Crippen molar-refractivity contribution in [3.8, 4) is 0 Å². The van der Waals surface area contributed by atoms with Crippen LogP contribution in [0.3, 0.4) is 0 Å². The van der Waals surface area contributed by atoms with Crippen LogP contribution < -0.4 is 15.5 Å². The molecule has 0 unspecified atom stereocenters. The van der Waals surface area contributed by atoms with Gasteiger partial charge in [0.2, 0.25) is 11.9 Å². The Morgan fingerprint density at radius 1 is 1.03 bits per heavy atom. The fourth-order valence-corrected chi connectivity index (χ4v) is 3.34. The summed E-state index contributed by atoms with van der Waals surface area (Å²) < 4.78 is 0. The Morgan fingerprint density at radius 3 is 2.47 bits per heavy atom. The maximum absolute atomic E-state index is 12.5. The van der Waals surface area contributed by atoms with Gasteiger partial charge in [-0.25, -0.2) is 9.97 Å². The number of aromatic nitrogens is 2. The number of carbonyl (C=O) groups is 1. The van der Waals surface area contributed by atoms with Gasteiger partial charge in [-0.05, 0) is 25.0 Å². The van der Waals surface area contributed by atoms with Gasteiger partial charge < -0.3 is 20.4 Å². The van der Waals surface area contributed by atoms with E-state index in [0.717, 1.165) is 44.5 Å². The number of anilines is 1. The summed E-state index contributed by atoms with van der Waals surface area (Å²) in [4.78, 5) is 29.7. The van der Waals surface area contributed by atoms with Gasteiger partial charge in [-0.15, -0.1) is 0 Å². The molecule has 1 aliphatic heterocycles. The largest absolute Gasteiger partial charge is 0.357 e. The summed E-state index contributed by atoms with van der Waals surface area (Å²) in [6.45, 7) is 6.98. The van der Waals surface area contributed by atoms with Gasteiger partial charge in [0, 0.05) is 58.1 Å². The van der Waals surface area contributed by atoms with Crippen LogP contribution in [0.4, 0.5) is 5.95 Å². The van der Waals surface area contributed by atoms with Crippen LogP contribution in [0.5, 0.6) is 0 Å². The van der Waals surface area contributed by atoms with Crippen LogP contribution in [0.25, 0.3) is 0 Å². The molecule has 1 amide bonds. The molecular weight excluding hydrogens is 378 g/mol. The Labute approximate surface area is 178 Å². The molecule has 0 spiro atoms. The second kappa shape index (κ2) is 11.7. The third-order valence-corrected chi connectivity index (χ3v) is 4.96. The number of benzene rings is 1. The van der Waals surface area contributed by atoms with E-state index in [1.807, 2.05) is 36.1 Å². The van der Waals surface area contributed by atoms with Crippen LogP contribution in [0.15, 0.2) is 53.8 Å². The SMILES string of the molecule is CCNC(=NCCC(=O)N1CCN(c2ncccn2)CC1)NCCc1ccccc1. The lowest BCUT2D eigenvalue weighted by Crippen LogP contribution is -2.49. The molecule has 0 atom stereocenters. The molecule has 2 heterocycles. The van der Waals surface area contributed by atoms with E-state index in [9.17, 15) is 4.79 Å². The lowest BCUT2D eigenvalue weighted by atomic mass is 10.1. The predicted molar refractivity (Wildman–Crippen MR) is 120 cm³/mol. The third kappa shape index (κ3) is 6.72. The average Bonchev–Trinajstić information content (AvgIpc) is 2.80. The molecular formula is C22H31N7O. The van der Waals surface area contributed by atoms with Crippen LogP contribution in [0, 0.1) is 0 Å². The van der Waals surface area contributed by atoms with E-state index in [-0.39, 0.29) is 5.91 Å². The zero-order valence-corrected chi connectivity index (χ0v) is 17.6. The summed E-state index contributed by atoms with van der Waals surface area (Å²) in [7, 11) is 0. The number of nitrogens with one attached hydrogen (secondary N) is 2. The number of hydrogen-bond donors (Lipinski definition) is 2. The molecule has 1 aliphatic rings. The molecule has 8 nitrogen and oxygen atoms in total. The monoisotopic (exact) mass is 409 g/mol. The minimum atomic E-state index is 0.146. The second-order valence-corrected chi connectivity index (χ2v) is 7.09. The van der Waals surface area contributed by atoms with Gasteiger partial charge >= 0.3 is 0 Å². The maximum Gasteiger partial charge on any atom is 0.225 e. The molecule has 1 saturated heterocycles. The van der Waals surface area contributed by atoms with Crippen molar-refractivity contribution in [2.24, 2.45) is 4.99 Å². The minimum absolute atomic E-state index is 0.146. The zero-order valence-electron chi connectivity index (χ0n) is 17.6. The molecule has 2 N–H and O–H groups in total. The maximum atomic E-state index is 12.5. The minimum Gasteiger partial charge on any atom is -0.357 e. The summed E-state index contributed by atoms with van der Waals surface area (Å²) in [5.74, 6) is 1.63. The summed E-state index contributed by atoms with van der Waals surface area (Å²) in [5.41, 5.74) is 1.29. The van der Waals surface area contributed by atoms with Crippen molar-refractivity contribution >= 4 is 17.8 Å². The third-order valence-electron chi connectivity index (χ3n) is 4.96. The first-order valence-electron chi connectivity index (χ1n) is 10.6. The number of hydrogen-bond acceptors (Lipinski definition) is 5. The van der Waals surface area contributed by atoms with Crippen molar-refractivity contribution in [2.45, 2.75) is 19.8 Å². The number of rotatable bonds is 8. The topological polar surface area (TPSA) is 85.8 Å². The fraction of sp³-hybridized carbons (Fsp3) is 0.455. The lowest BCUT2D eigenvalue weighted by molar-refractivity contribution is -0.131. The van der Waals surface area contributed by atoms with Crippen LogP contribution in [-0.4, -0.2) is 72.5 Å². The molecule has 2 aromatic rings. The van der Waals surface area contributed by atoms with Crippen molar-refractivity contribution in [3.05, 3.63) is 54.4 Å². The highest BCUT2D eigenvalue weighted by Crippen LogP contribution is 2.10. The van der Waals surface area contributed by atoms with Crippen molar-refractivity contribution in [3.63, 3.8) is 0 Å². The van der Waals surface area contributed by atoms with E-state index >= 15 is 0 Å². The quantitative estimate of drug-likeness (QED) is 0.505. The highest BCUT2D eigenvalue weighted by Gasteiger charge is 2.21. The number of aliphatic imine (C=N–C) groups is 1. The van der Waals surface area contributed by atoms with E-state index < -0.39 is 0 Å². The van der Waals surface area contributed by atoms with Crippen molar-refractivity contribution in [1.29, 1.82) is 0 Å². The van der Waals surface area contributed by atoms with Crippen LogP contribution in [0.2, 0.25) is 0 Å². The Hall–Kier alpha value is -3.16. The Bertz CT molecular complexity index is 790. The van der Waals surface area contributed by atoms with Gasteiger partial charge in [0.25, 0.3) is 0 Å². The van der Waals surface area contributed by atoms with E-state index in [4.69, 9.17) is 0 Å². The zero-order chi connectivity index (χ0) is 21.0. The summed E-state index contributed by atoms with van der Waals surface area (Å²) >= 11 is 0. The normalized spacial score (nSPS) is 14.5. The number of guanidine groups is 1. The number of carbonyl (C=O) groups excluding carboxylic acids is 1. The second-order valence-electron chi connectivity index (χ2n) is 7.09. The fourth-order valence-electron chi connectivity index (χ4n) is 3.34. The van der Waals surface area contributed by atoms with Crippen LogP contribution in [-0.2, 0) is 11.2 Å². The first kappa shape index (κ1) is 21.5. The Morgan fingerprint density at radius 2 is 1.77 bits per heavy atom. The molecule has 8 heteroatoms. The number of amides is 1. The molecule has 0 radical (unpaired) electrons. The van der Waals surface area contributed by atoms with Gasteiger partial charge in [0.1, 0.15) is 0 Å². The first-order chi connectivity index (χ1) is 14.8. The van der Waals surface area contributed by atoms with Gasteiger partial charge in [-0.2, -0.15) is 0 Å². The Balaban J connectivity index is 1.39. The molecule has 1 aromatic heterocycles. The summed E-state index contributed by atoms with van der Waals surface area (Å²) in [6.07, 6.45) is 4.83. The van der Waals surface area contributed by atoms with E-state index in [2.05, 4.69) is 42.6 Å².